The van der Waals surface area contributed by atoms with Gasteiger partial charge in [-0.3, -0.25) is 0 Å². The highest BCUT2D eigenvalue weighted by atomic mass is 127. The normalized spacial score (nSPS) is 12.7. The van der Waals surface area contributed by atoms with Gasteiger partial charge in [0.05, 0.1) is 0 Å². The lowest BCUT2D eigenvalue weighted by atomic mass is 10.2. The second kappa shape index (κ2) is 10.00. The maximum absolute atomic E-state index is 10.5. The van der Waals surface area contributed by atoms with Crippen molar-refractivity contribution in [2.75, 3.05) is 13.1 Å². The Labute approximate surface area is 179 Å². The monoisotopic (exact) mass is 500 g/mol. The zero-order valence-electron chi connectivity index (χ0n) is 15.6. The van der Waals surface area contributed by atoms with E-state index in [2.05, 4.69) is 38.0 Å². The maximum atomic E-state index is 10.5. The quantitative estimate of drug-likeness (QED) is 0.275. The molecule has 0 aliphatic rings. The van der Waals surface area contributed by atoms with Crippen LogP contribution in [0, 0.1) is 6.92 Å². The molecule has 2 aromatic heterocycles. The first-order valence-corrected chi connectivity index (χ1v) is 9.43. The molecular weight excluding hydrogens is 475 g/mol. The predicted molar refractivity (Wildman–Crippen MR) is 121 cm³/mol. The number of aryl methyl sites for hydroxylation is 1. The van der Waals surface area contributed by atoms with Crippen LogP contribution >= 0.6 is 35.3 Å². The average molecular weight is 500 g/mol. The van der Waals surface area contributed by atoms with Crippen molar-refractivity contribution in [1.29, 1.82) is 0 Å². The summed E-state index contributed by atoms with van der Waals surface area (Å²) in [7, 11) is 1.92. The summed E-state index contributed by atoms with van der Waals surface area (Å²) in [6.45, 7) is 5.46. The molecule has 1 unspecified atom stereocenters. The number of aliphatic hydroxyl groups is 1. The van der Waals surface area contributed by atoms with Crippen molar-refractivity contribution in [1.82, 2.24) is 25.4 Å². The number of hydrogen-bond acceptors (Lipinski definition) is 5. The SMILES string of the molecule is CCNC(=NCc1nnc(C)n1C)NCC(O)c1cc2ccccc2s1.I. The van der Waals surface area contributed by atoms with Crippen molar-refractivity contribution in [3.63, 3.8) is 0 Å². The molecule has 0 spiro atoms. The second-order valence-corrected chi connectivity index (χ2v) is 7.12. The third kappa shape index (κ3) is 5.39. The van der Waals surface area contributed by atoms with E-state index in [0.717, 1.165) is 28.5 Å². The Balaban J connectivity index is 0.00000261. The van der Waals surface area contributed by atoms with E-state index in [1.807, 2.05) is 43.7 Å². The van der Waals surface area contributed by atoms with E-state index in [-0.39, 0.29) is 24.0 Å². The number of rotatable bonds is 6. The molecule has 0 aliphatic carbocycles. The zero-order valence-corrected chi connectivity index (χ0v) is 18.8. The van der Waals surface area contributed by atoms with Crippen molar-refractivity contribution >= 4 is 51.4 Å². The molecule has 1 atom stereocenters. The van der Waals surface area contributed by atoms with Crippen LogP contribution < -0.4 is 10.6 Å². The molecule has 3 aromatic rings. The summed E-state index contributed by atoms with van der Waals surface area (Å²) in [5, 5.41) is 26.2. The van der Waals surface area contributed by atoms with E-state index in [4.69, 9.17) is 0 Å². The molecule has 0 bridgehead atoms. The van der Waals surface area contributed by atoms with E-state index >= 15 is 0 Å². The third-order valence-corrected chi connectivity index (χ3v) is 5.36. The Morgan fingerprint density at radius 3 is 2.74 bits per heavy atom. The van der Waals surface area contributed by atoms with Crippen LogP contribution in [0.4, 0.5) is 0 Å². The van der Waals surface area contributed by atoms with Gasteiger partial charge in [-0.1, -0.05) is 18.2 Å². The van der Waals surface area contributed by atoms with Crippen LogP contribution in [-0.4, -0.2) is 38.9 Å². The van der Waals surface area contributed by atoms with Crippen LogP contribution in [0.3, 0.4) is 0 Å². The molecule has 0 amide bonds. The molecule has 0 aliphatic heterocycles. The number of guanidine groups is 1. The summed E-state index contributed by atoms with van der Waals surface area (Å²) >= 11 is 1.61. The lowest BCUT2D eigenvalue weighted by molar-refractivity contribution is 0.184. The van der Waals surface area contributed by atoms with Crippen molar-refractivity contribution < 1.29 is 5.11 Å². The topological polar surface area (TPSA) is 87.4 Å². The number of benzene rings is 1. The second-order valence-electron chi connectivity index (χ2n) is 6.00. The molecule has 0 radical (unpaired) electrons. The van der Waals surface area contributed by atoms with Gasteiger partial charge in [0, 0.05) is 29.7 Å². The van der Waals surface area contributed by atoms with E-state index in [1.165, 1.54) is 4.70 Å². The highest BCUT2D eigenvalue weighted by Gasteiger charge is 2.12. The number of fused-ring (bicyclic) bond motifs is 1. The minimum Gasteiger partial charge on any atom is -0.386 e. The number of aromatic nitrogens is 3. The van der Waals surface area contributed by atoms with E-state index in [9.17, 15) is 5.11 Å². The first-order valence-electron chi connectivity index (χ1n) is 8.62. The largest absolute Gasteiger partial charge is 0.386 e. The summed E-state index contributed by atoms with van der Waals surface area (Å²) in [6, 6.07) is 10.2. The van der Waals surface area contributed by atoms with Crippen molar-refractivity contribution in [3.8, 4) is 0 Å². The summed E-state index contributed by atoms with van der Waals surface area (Å²) in [5.74, 6) is 2.30. The van der Waals surface area contributed by atoms with Gasteiger partial charge in [-0.2, -0.15) is 0 Å². The van der Waals surface area contributed by atoms with Gasteiger partial charge in [0.2, 0.25) is 0 Å². The lowest BCUT2D eigenvalue weighted by Gasteiger charge is -2.14. The van der Waals surface area contributed by atoms with Crippen LogP contribution in [-0.2, 0) is 13.6 Å². The summed E-state index contributed by atoms with van der Waals surface area (Å²) < 4.78 is 3.10. The van der Waals surface area contributed by atoms with Crippen molar-refractivity contribution in [2.45, 2.75) is 26.5 Å². The van der Waals surface area contributed by atoms with Gasteiger partial charge in [0.25, 0.3) is 0 Å². The number of halogens is 1. The van der Waals surface area contributed by atoms with E-state index < -0.39 is 6.10 Å². The van der Waals surface area contributed by atoms with Crippen LogP contribution in [0.1, 0.15) is 29.6 Å². The molecular formula is C18H25IN6OS. The molecule has 1 aromatic carbocycles. The van der Waals surface area contributed by atoms with Gasteiger partial charge >= 0.3 is 0 Å². The van der Waals surface area contributed by atoms with Gasteiger partial charge in [0.15, 0.2) is 11.8 Å². The molecule has 146 valence electrons. The molecule has 9 heteroatoms. The molecule has 0 saturated carbocycles. The van der Waals surface area contributed by atoms with Gasteiger partial charge in [0.1, 0.15) is 18.5 Å². The summed E-state index contributed by atoms with van der Waals surface area (Å²) in [4.78, 5) is 5.47. The predicted octanol–water partition coefficient (Wildman–Crippen LogP) is 2.74. The average Bonchev–Trinajstić information content (AvgIpc) is 3.21. The lowest BCUT2D eigenvalue weighted by Crippen LogP contribution is -2.39. The minimum atomic E-state index is -0.590. The van der Waals surface area contributed by atoms with Crippen LogP contribution in [0.15, 0.2) is 35.3 Å². The van der Waals surface area contributed by atoms with Crippen LogP contribution in [0.5, 0.6) is 0 Å². The summed E-state index contributed by atoms with van der Waals surface area (Å²) in [6.07, 6.45) is -0.590. The molecule has 3 rings (SSSR count). The number of aliphatic hydroxyl groups excluding tert-OH is 1. The molecule has 0 fully saturated rings. The first-order chi connectivity index (χ1) is 12.6. The molecule has 0 saturated heterocycles. The summed E-state index contributed by atoms with van der Waals surface area (Å²) in [5.41, 5.74) is 0. The standard InChI is InChI=1S/C18H24N6OS.HI/c1-4-19-18(21-11-17-23-22-12(2)24(17)3)20-10-14(25)16-9-13-7-5-6-8-15(13)26-16;/h5-9,14,25H,4,10-11H2,1-3H3,(H2,19,20,21);1H. The number of hydrogen-bond donors (Lipinski definition) is 3. The fourth-order valence-corrected chi connectivity index (χ4v) is 3.59. The van der Waals surface area contributed by atoms with E-state index in [0.29, 0.717) is 19.0 Å². The fourth-order valence-electron chi connectivity index (χ4n) is 2.54. The van der Waals surface area contributed by atoms with E-state index in [1.54, 1.807) is 11.3 Å². The van der Waals surface area contributed by atoms with Crippen molar-refractivity contribution in [2.24, 2.45) is 12.0 Å². The Hall–Kier alpha value is -1.72. The Kier molecular flexibility index (Phi) is 7.99. The zero-order chi connectivity index (χ0) is 18.5. The number of thiophene rings is 1. The van der Waals surface area contributed by atoms with Gasteiger partial charge in [-0.05, 0) is 31.4 Å². The fraction of sp³-hybridized carbons (Fsp3) is 0.389. The Bertz CT molecular complexity index is 873. The van der Waals surface area contributed by atoms with Gasteiger partial charge in [-0.15, -0.1) is 45.5 Å². The Morgan fingerprint density at radius 2 is 2.07 bits per heavy atom. The molecule has 27 heavy (non-hydrogen) atoms. The Morgan fingerprint density at radius 1 is 1.30 bits per heavy atom. The smallest absolute Gasteiger partial charge is 0.191 e. The van der Waals surface area contributed by atoms with Crippen LogP contribution in [0.2, 0.25) is 0 Å². The highest BCUT2D eigenvalue weighted by Crippen LogP contribution is 2.29. The van der Waals surface area contributed by atoms with Crippen molar-refractivity contribution in [3.05, 3.63) is 46.9 Å². The number of aliphatic imine (C=N–C) groups is 1. The van der Waals surface area contributed by atoms with Crippen LogP contribution in [0.25, 0.3) is 10.1 Å². The highest BCUT2D eigenvalue weighted by molar-refractivity contribution is 14.0. The minimum absolute atomic E-state index is 0. The number of nitrogens with zero attached hydrogens (tertiary/aromatic N) is 4. The number of nitrogens with one attached hydrogen (secondary N) is 2. The van der Waals surface area contributed by atoms with Gasteiger partial charge < -0.3 is 20.3 Å². The maximum Gasteiger partial charge on any atom is 0.191 e. The first kappa shape index (κ1) is 21.6. The molecule has 3 N–H and O–H groups in total. The molecule has 2 heterocycles. The third-order valence-electron chi connectivity index (χ3n) is 4.14. The van der Waals surface area contributed by atoms with Gasteiger partial charge in [-0.25, -0.2) is 4.99 Å². The molecule has 7 nitrogen and oxygen atoms in total.